The van der Waals surface area contributed by atoms with Crippen molar-refractivity contribution in [2.75, 3.05) is 6.61 Å². The molecular formula is C26H32N2O6. The van der Waals surface area contributed by atoms with E-state index < -0.39 is 30.1 Å². The summed E-state index contributed by atoms with van der Waals surface area (Å²) < 4.78 is 5.51. The summed E-state index contributed by atoms with van der Waals surface area (Å²) in [5, 5.41) is 24.0. The minimum atomic E-state index is -1.07. The molecule has 1 aliphatic carbocycles. The maximum atomic E-state index is 12.8. The third kappa shape index (κ3) is 6.35. The standard InChI is InChI=1S/C26H32N2O6/c1-3-17(14-16(2)29)27-25(32)23(12-13-24(30)31)28-26(33)34-15-22-20-10-6-4-8-18(20)19-9-5-7-11-21(19)22/h4-11,16-17,22-23,29H,3,12-15H2,1-2H3,(H,27,32)(H,28,33)(H,30,31). The number of nitrogens with one attached hydrogen (secondary N) is 2. The van der Waals surface area contributed by atoms with Crippen molar-refractivity contribution in [2.24, 2.45) is 0 Å². The summed E-state index contributed by atoms with van der Waals surface area (Å²) >= 11 is 0. The average Bonchev–Trinajstić information content (AvgIpc) is 3.13. The summed E-state index contributed by atoms with van der Waals surface area (Å²) in [6, 6.07) is 14.6. The smallest absolute Gasteiger partial charge is 0.407 e. The molecule has 0 saturated heterocycles. The van der Waals surface area contributed by atoms with Gasteiger partial charge in [0.2, 0.25) is 5.91 Å². The number of aliphatic hydroxyl groups is 1. The van der Waals surface area contributed by atoms with Crippen LogP contribution in [0, 0.1) is 0 Å². The first-order valence-corrected chi connectivity index (χ1v) is 11.6. The van der Waals surface area contributed by atoms with Crippen molar-refractivity contribution in [3.05, 3.63) is 59.7 Å². The summed E-state index contributed by atoms with van der Waals surface area (Å²) in [4.78, 5) is 36.5. The van der Waals surface area contributed by atoms with Gasteiger partial charge in [0.15, 0.2) is 0 Å². The minimum absolute atomic E-state index is 0.0729. The number of aliphatic hydroxyl groups excluding tert-OH is 1. The van der Waals surface area contributed by atoms with Crippen LogP contribution in [0.3, 0.4) is 0 Å². The summed E-state index contributed by atoms with van der Waals surface area (Å²) in [6.45, 7) is 3.59. The van der Waals surface area contributed by atoms with Gasteiger partial charge in [-0.05, 0) is 48.4 Å². The fourth-order valence-electron chi connectivity index (χ4n) is 4.36. The third-order valence-electron chi connectivity index (χ3n) is 6.06. The van der Waals surface area contributed by atoms with E-state index in [1.54, 1.807) is 6.92 Å². The van der Waals surface area contributed by atoms with Gasteiger partial charge in [-0.15, -0.1) is 0 Å². The molecule has 0 spiro atoms. The Hall–Kier alpha value is -3.39. The number of ether oxygens (including phenoxy) is 1. The number of amides is 2. The largest absolute Gasteiger partial charge is 0.481 e. The van der Waals surface area contributed by atoms with Gasteiger partial charge in [-0.3, -0.25) is 9.59 Å². The van der Waals surface area contributed by atoms with Crippen molar-refractivity contribution in [3.63, 3.8) is 0 Å². The zero-order valence-electron chi connectivity index (χ0n) is 19.5. The maximum absolute atomic E-state index is 12.8. The number of benzene rings is 2. The number of carboxylic acid groups (broad SMARTS) is 1. The van der Waals surface area contributed by atoms with Gasteiger partial charge in [-0.1, -0.05) is 55.5 Å². The Kier molecular flexibility index (Phi) is 8.65. The highest BCUT2D eigenvalue weighted by atomic mass is 16.5. The van der Waals surface area contributed by atoms with Crippen LogP contribution in [0.2, 0.25) is 0 Å². The fraction of sp³-hybridized carbons (Fsp3) is 0.423. The van der Waals surface area contributed by atoms with E-state index in [-0.39, 0.29) is 31.4 Å². The molecule has 0 fully saturated rings. The molecule has 0 radical (unpaired) electrons. The van der Waals surface area contributed by atoms with E-state index in [0.29, 0.717) is 12.8 Å². The van der Waals surface area contributed by atoms with Crippen LogP contribution < -0.4 is 10.6 Å². The molecule has 0 aliphatic heterocycles. The molecule has 1 aliphatic rings. The number of hydrogen-bond acceptors (Lipinski definition) is 5. The van der Waals surface area contributed by atoms with E-state index in [1.165, 1.54) is 0 Å². The van der Waals surface area contributed by atoms with Gasteiger partial charge in [0.25, 0.3) is 0 Å². The van der Waals surface area contributed by atoms with E-state index >= 15 is 0 Å². The van der Waals surface area contributed by atoms with E-state index in [1.807, 2.05) is 55.5 Å². The molecule has 0 aromatic heterocycles. The normalized spacial score (nSPS) is 14.9. The summed E-state index contributed by atoms with van der Waals surface area (Å²) in [6.07, 6.45) is -0.786. The molecule has 3 atom stereocenters. The number of carboxylic acids is 1. The Bertz CT molecular complexity index is 976. The van der Waals surface area contributed by atoms with Gasteiger partial charge < -0.3 is 25.6 Å². The van der Waals surface area contributed by atoms with E-state index in [4.69, 9.17) is 9.84 Å². The van der Waals surface area contributed by atoms with Gasteiger partial charge in [0.05, 0.1) is 6.10 Å². The predicted octanol–water partition coefficient (Wildman–Crippen LogP) is 3.42. The van der Waals surface area contributed by atoms with Crippen LogP contribution in [-0.2, 0) is 14.3 Å². The molecule has 0 saturated carbocycles. The minimum Gasteiger partial charge on any atom is -0.481 e. The summed E-state index contributed by atoms with van der Waals surface area (Å²) in [7, 11) is 0. The highest BCUT2D eigenvalue weighted by Gasteiger charge is 2.30. The average molecular weight is 469 g/mol. The lowest BCUT2D eigenvalue weighted by Crippen LogP contribution is -2.50. The molecule has 182 valence electrons. The number of rotatable bonds is 11. The van der Waals surface area contributed by atoms with Gasteiger partial charge in [-0.25, -0.2) is 4.79 Å². The molecule has 8 nitrogen and oxygen atoms in total. The second kappa shape index (κ2) is 11.7. The topological polar surface area (TPSA) is 125 Å². The predicted molar refractivity (Wildman–Crippen MR) is 127 cm³/mol. The van der Waals surface area contributed by atoms with Gasteiger partial charge in [0, 0.05) is 18.4 Å². The highest BCUT2D eigenvalue weighted by molar-refractivity contribution is 5.86. The van der Waals surface area contributed by atoms with Crippen molar-refractivity contribution in [2.45, 2.75) is 63.6 Å². The van der Waals surface area contributed by atoms with Gasteiger partial charge in [0.1, 0.15) is 12.6 Å². The molecule has 3 rings (SSSR count). The Morgan fingerprint density at radius 1 is 1.00 bits per heavy atom. The Balaban J connectivity index is 1.65. The van der Waals surface area contributed by atoms with Crippen LogP contribution in [0.4, 0.5) is 4.79 Å². The fourth-order valence-corrected chi connectivity index (χ4v) is 4.36. The van der Waals surface area contributed by atoms with Gasteiger partial charge >= 0.3 is 12.1 Å². The number of carbonyl (C=O) groups excluding carboxylic acids is 2. The van der Waals surface area contributed by atoms with Crippen molar-refractivity contribution in [3.8, 4) is 11.1 Å². The molecule has 4 N–H and O–H groups in total. The molecule has 3 unspecified atom stereocenters. The van der Waals surface area contributed by atoms with Crippen LogP contribution >= 0.6 is 0 Å². The van der Waals surface area contributed by atoms with Crippen LogP contribution in [0.15, 0.2) is 48.5 Å². The number of hydrogen-bond donors (Lipinski definition) is 4. The molecule has 34 heavy (non-hydrogen) atoms. The van der Waals surface area contributed by atoms with Crippen LogP contribution in [-0.4, -0.2) is 53.0 Å². The van der Waals surface area contributed by atoms with Crippen molar-refractivity contribution >= 4 is 18.0 Å². The summed E-state index contributed by atoms with van der Waals surface area (Å²) in [5.74, 6) is -1.69. The second-order valence-electron chi connectivity index (χ2n) is 8.65. The summed E-state index contributed by atoms with van der Waals surface area (Å²) in [5.41, 5.74) is 4.35. The second-order valence-corrected chi connectivity index (χ2v) is 8.65. The molecular weight excluding hydrogens is 436 g/mol. The van der Waals surface area contributed by atoms with Crippen molar-refractivity contribution < 1.29 is 29.3 Å². The maximum Gasteiger partial charge on any atom is 0.407 e. The third-order valence-corrected chi connectivity index (χ3v) is 6.06. The molecule has 2 aromatic rings. The number of carbonyl (C=O) groups is 3. The Morgan fingerprint density at radius 2 is 1.59 bits per heavy atom. The SMILES string of the molecule is CCC(CC(C)O)NC(=O)C(CCC(=O)O)NC(=O)OCC1c2ccccc2-c2ccccc21. The van der Waals surface area contributed by atoms with E-state index in [0.717, 1.165) is 22.3 Å². The van der Waals surface area contributed by atoms with Crippen LogP contribution in [0.1, 0.15) is 56.6 Å². The van der Waals surface area contributed by atoms with Gasteiger partial charge in [-0.2, -0.15) is 0 Å². The first kappa shape index (κ1) is 25.2. The van der Waals surface area contributed by atoms with Crippen LogP contribution in [0.25, 0.3) is 11.1 Å². The molecule has 0 bridgehead atoms. The number of alkyl carbamates (subject to hydrolysis) is 1. The molecule has 0 heterocycles. The quantitative estimate of drug-likeness (QED) is 0.400. The number of fused-ring (bicyclic) bond motifs is 3. The first-order valence-electron chi connectivity index (χ1n) is 11.6. The molecule has 2 amide bonds. The molecule has 8 heteroatoms. The lowest BCUT2D eigenvalue weighted by atomic mass is 9.98. The molecule has 2 aromatic carbocycles. The van der Waals surface area contributed by atoms with E-state index in [9.17, 15) is 19.5 Å². The first-order chi connectivity index (χ1) is 16.3. The van der Waals surface area contributed by atoms with E-state index in [2.05, 4.69) is 10.6 Å². The lowest BCUT2D eigenvalue weighted by molar-refractivity contribution is -0.137. The van der Waals surface area contributed by atoms with Crippen molar-refractivity contribution in [1.82, 2.24) is 10.6 Å². The van der Waals surface area contributed by atoms with Crippen molar-refractivity contribution in [1.29, 1.82) is 0 Å². The lowest BCUT2D eigenvalue weighted by Gasteiger charge is -2.23. The number of aliphatic carboxylic acids is 1. The highest BCUT2D eigenvalue weighted by Crippen LogP contribution is 2.44. The zero-order chi connectivity index (χ0) is 24.7. The Labute approximate surface area is 199 Å². The monoisotopic (exact) mass is 468 g/mol. The van der Waals surface area contributed by atoms with Crippen LogP contribution in [0.5, 0.6) is 0 Å². The Morgan fingerprint density at radius 3 is 2.12 bits per heavy atom. The zero-order valence-corrected chi connectivity index (χ0v) is 19.5.